The quantitative estimate of drug-likeness (QED) is 0.403. The van der Waals surface area contributed by atoms with Crippen molar-refractivity contribution in [2.75, 3.05) is 19.1 Å². The number of nitro benzene ring substituents is 1. The van der Waals surface area contributed by atoms with Crippen LogP contribution in [0.1, 0.15) is 55.6 Å². The number of Topliss-reactive ketones (excluding diaryl/α,β-unsaturated/α-hetero) is 2. The number of carbonyl (C=O) groups excluding carboxylic acids is 2. The maximum absolute atomic E-state index is 13.5. The minimum Gasteiger partial charge on any atom is -0.493 e. The molecule has 1 heterocycles. The van der Waals surface area contributed by atoms with E-state index in [1.165, 1.54) is 20.3 Å². The Labute approximate surface area is 209 Å². The third kappa shape index (κ3) is 3.77. The largest absolute Gasteiger partial charge is 0.493 e. The predicted octanol–water partition coefficient (Wildman–Crippen LogP) is 5.54. The van der Waals surface area contributed by atoms with Crippen molar-refractivity contribution in [1.29, 1.82) is 0 Å². The highest BCUT2D eigenvalue weighted by Gasteiger charge is 2.46. The molecule has 0 N–H and O–H groups in total. The van der Waals surface area contributed by atoms with Gasteiger partial charge in [0.05, 0.1) is 31.1 Å². The Hall–Kier alpha value is -3.94. The number of hydrogen-bond donors (Lipinski definition) is 0. The van der Waals surface area contributed by atoms with Crippen LogP contribution >= 0.6 is 0 Å². The van der Waals surface area contributed by atoms with Gasteiger partial charge in [-0.25, -0.2) is 0 Å². The number of carbonyl (C=O) groups is 2. The topological polar surface area (TPSA) is 99.0 Å². The van der Waals surface area contributed by atoms with Gasteiger partial charge in [0.1, 0.15) is 0 Å². The Morgan fingerprint density at radius 3 is 1.89 bits per heavy atom. The number of ether oxygens (including phenoxy) is 2. The Morgan fingerprint density at radius 1 is 0.861 bits per heavy atom. The molecule has 0 bridgehead atoms. The van der Waals surface area contributed by atoms with Crippen molar-refractivity contribution in [2.24, 2.45) is 0 Å². The van der Waals surface area contributed by atoms with Gasteiger partial charge in [-0.3, -0.25) is 19.7 Å². The molecule has 0 saturated heterocycles. The van der Waals surface area contributed by atoms with Gasteiger partial charge in [-0.2, -0.15) is 0 Å². The molecule has 8 heteroatoms. The van der Waals surface area contributed by atoms with Gasteiger partial charge >= 0.3 is 0 Å². The number of anilines is 1. The first kappa shape index (κ1) is 23.8. The second kappa shape index (κ2) is 9.26. The molecule has 186 valence electrons. The van der Waals surface area contributed by atoms with Crippen molar-refractivity contribution in [1.82, 2.24) is 0 Å². The summed E-state index contributed by atoms with van der Waals surface area (Å²) >= 11 is 0. The van der Waals surface area contributed by atoms with E-state index in [1.54, 1.807) is 6.07 Å². The standard InChI is InChI=1S/C28H28N2O6/c1-16-10-12-17(13-11-16)29-19-6-4-8-22(31)27(19)26(28-20(29)7-5-9-23(28)32)18-14-24(35-2)25(36-3)15-21(18)30(33)34/h10-15,26H,4-9H2,1-3H3. The summed E-state index contributed by atoms with van der Waals surface area (Å²) in [4.78, 5) is 40.9. The van der Waals surface area contributed by atoms with E-state index in [4.69, 9.17) is 9.47 Å². The van der Waals surface area contributed by atoms with Gasteiger partial charge in [-0.05, 0) is 50.8 Å². The van der Waals surface area contributed by atoms with E-state index in [0.717, 1.165) is 22.6 Å². The maximum atomic E-state index is 13.5. The van der Waals surface area contributed by atoms with Gasteiger partial charge < -0.3 is 14.4 Å². The van der Waals surface area contributed by atoms with Crippen molar-refractivity contribution in [3.05, 3.63) is 80.2 Å². The van der Waals surface area contributed by atoms with Gasteiger partial charge in [-0.15, -0.1) is 0 Å². The Kier molecular flexibility index (Phi) is 6.12. The van der Waals surface area contributed by atoms with Crippen molar-refractivity contribution >= 4 is 22.9 Å². The highest BCUT2D eigenvalue weighted by Crippen LogP contribution is 2.53. The first-order valence-electron chi connectivity index (χ1n) is 12.1. The van der Waals surface area contributed by atoms with Crippen LogP contribution in [-0.4, -0.2) is 30.7 Å². The number of nitrogens with zero attached hydrogens (tertiary/aromatic N) is 2. The summed E-state index contributed by atoms with van der Waals surface area (Å²) in [6.45, 7) is 2.01. The predicted molar refractivity (Wildman–Crippen MR) is 134 cm³/mol. The third-order valence-electron chi connectivity index (χ3n) is 7.31. The number of hydrogen-bond acceptors (Lipinski definition) is 7. The van der Waals surface area contributed by atoms with Crippen LogP contribution < -0.4 is 14.4 Å². The maximum Gasteiger partial charge on any atom is 0.277 e. The molecule has 1 aliphatic heterocycles. The first-order valence-corrected chi connectivity index (χ1v) is 12.1. The average molecular weight is 489 g/mol. The van der Waals surface area contributed by atoms with Crippen LogP contribution in [-0.2, 0) is 9.59 Å². The van der Waals surface area contributed by atoms with Crippen LogP contribution in [0, 0.1) is 17.0 Å². The molecule has 0 aromatic heterocycles. The van der Waals surface area contributed by atoms with Crippen LogP contribution in [0.4, 0.5) is 11.4 Å². The summed E-state index contributed by atoms with van der Waals surface area (Å²) in [6.07, 6.45) is 3.37. The summed E-state index contributed by atoms with van der Waals surface area (Å²) in [7, 11) is 2.87. The molecular formula is C28H28N2O6. The summed E-state index contributed by atoms with van der Waals surface area (Å²) in [5.41, 5.74) is 4.71. The van der Waals surface area contributed by atoms with E-state index in [2.05, 4.69) is 4.90 Å². The molecule has 0 amide bonds. The van der Waals surface area contributed by atoms with E-state index < -0.39 is 10.8 Å². The van der Waals surface area contributed by atoms with Gasteiger partial charge in [0.15, 0.2) is 23.1 Å². The highest BCUT2D eigenvalue weighted by molar-refractivity contribution is 6.08. The molecular weight excluding hydrogens is 460 g/mol. The van der Waals surface area contributed by atoms with E-state index in [1.807, 2.05) is 31.2 Å². The number of methoxy groups -OCH3 is 2. The van der Waals surface area contributed by atoms with Crippen LogP contribution in [0.5, 0.6) is 11.5 Å². The molecule has 2 aromatic carbocycles. The van der Waals surface area contributed by atoms with Crippen LogP contribution in [0.3, 0.4) is 0 Å². The van der Waals surface area contributed by atoms with E-state index in [0.29, 0.717) is 55.4 Å². The molecule has 8 nitrogen and oxygen atoms in total. The fourth-order valence-corrected chi connectivity index (χ4v) is 5.71. The smallest absolute Gasteiger partial charge is 0.277 e. The molecule has 0 fully saturated rings. The zero-order chi connectivity index (χ0) is 25.6. The molecule has 3 aliphatic rings. The van der Waals surface area contributed by atoms with Crippen molar-refractivity contribution < 1.29 is 24.0 Å². The SMILES string of the molecule is COc1cc(C2C3=C(CCCC3=O)N(c3ccc(C)cc3)C3=C2C(=O)CCC3)c([N+](=O)[O-])cc1OC. The normalized spacial score (nSPS) is 18.2. The van der Waals surface area contributed by atoms with E-state index >= 15 is 0 Å². The average Bonchev–Trinajstić information content (AvgIpc) is 2.87. The molecule has 2 aromatic rings. The lowest BCUT2D eigenvalue weighted by molar-refractivity contribution is -0.385. The number of aryl methyl sites for hydroxylation is 1. The van der Waals surface area contributed by atoms with Crippen molar-refractivity contribution in [3.8, 4) is 11.5 Å². The Morgan fingerprint density at radius 2 is 1.39 bits per heavy atom. The summed E-state index contributed by atoms with van der Waals surface area (Å²) in [5, 5.41) is 12.2. The second-order valence-corrected chi connectivity index (χ2v) is 9.40. The number of allylic oxidation sites excluding steroid dienone is 4. The number of benzene rings is 2. The zero-order valence-corrected chi connectivity index (χ0v) is 20.6. The van der Waals surface area contributed by atoms with Gasteiger partial charge in [0, 0.05) is 46.6 Å². The lowest BCUT2D eigenvalue weighted by Crippen LogP contribution is -2.39. The lowest BCUT2D eigenvalue weighted by atomic mass is 9.70. The first-order chi connectivity index (χ1) is 17.3. The van der Waals surface area contributed by atoms with Crippen LogP contribution in [0.2, 0.25) is 0 Å². The zero-order valence-electron chi connectivity index (χ0n) is 20.6. The monoisotopic (exact) mass is 488 g/mol. The molecule has 0 saturated carbocycles. The minimum atomic E-state index is -0.822. The minimum absolute atomic E-state index is 0.0765. The van der Waals surface area contributed by atoms with Crippen LogP contribution in [0.15, 0.2) is 58.9 Å². The molecule has 0 spiro atoms. The van der Waals surface area contributed by atoms with Gasteiger partial charge in [-0.1, -0.05) is 17.7 Å². The molecule has 2 aliphatic carbocycles. The van der Waals surface area contributed by atoms with E-state index in [-0.39, 0.29) is 28.6 Å². The Bertz CT molecular complexity index is 1290. The lowest BCUT2D eigenvalue weighted by Gasteiger charge is -2.43. The molecule has 0 unspecified atom stereocenters. The summed E-state index contributed by atoms with van der Waals surface area (Å²) in [5.74, 6) is -0.439. The van der Waals surface area contributed by atoms with Crippen molar-refractivity contribution in [3.63, 3.8) is 0 Å². The molecule has 0 atom stereocenters. The van der Waals surface area contributed by atoms with E-state index in [9.17, 15) is 19.7 Å². The van der Waals surface area contributed by atoms with Crippen LogP contribution in [0.25, 0.3) is 0 Å². The molecule has 5 rings (SSSR count). The number of rotatable bonds is 5. The molecule has 0 radical (unpaired) electrons. The fraction of sp³-hybridized carbons (Fsp3) is 0.357. The highest BCUT2D eigenvalue weighted by atomic mass is 16.6. The number of nitro groups is 1. The van der Waals surface area contributed by atoms with Gasteiger partial charge in [0.25, 0.3) is 5.69 Å². The fourth-order valence-electron chi connectivity index (χ4n) is 5.71. The molecule has 36 heavy (non-hydrogen) atoms. The van der Waals surface area contributed by atoms with Crippen molar-refractivity contribution in [2.45, 2.75) is 51.4 Å². The summed E-state index contributed by atoms with van der Waals surface area (Å²) < 4.78 is 10.8. The second-order valence-electron chi connectivity index (χ2n) is 9.40. The third-order valence-corrected chi connectivity index (χ3v) is 7.31. The Balaban J connectivity index is 1.83. The number of ketones is 2. The summed E-state index contributed by atoms with van der Waals surface area (Å²) in [6, 6.07) is 10.9. The van der Waals surface area contributed by atoms with Gasteiger partial charge in [0.2, 0.25) is 0 Å².